The van der Waals surface area contributed by atoms with Crippen molar-refractivity contribution in [2.45, 2.75) is 13.8 Å². The number of carbonyl (C=O) groups is 2. The zero-order valence-corrected chi connectivity index (χ0v) is 15.5. The molecule has 1 heterocycles. The first-order valence-corrected chi connectivity index (χ1v) is 8.78. The molecule has 0 saturated carbocycles. The number of aromatic hydroxyl groups is 1. The highest BCUT2D eigenvalue weighted by Gasteiger charge is 2.25. The molecule has 2 N–H and O–H groups in total. The number of esters is 1. The quantitative estimate of drug-likeness (QED) is 0.340. The van der Waals surface area contributed by atoms with Crippen molar-refractivity contribution < 1.29 is 19.4 Å². The highest BCUT2D eigenvalue weighted by atomic mass is 32.2. The van der Waals surface area contributed by atoms with Gasteiger partial charge >= 0.3 is 5.97 Å². The van der Waals surface area contributed by atoms with Gasteiger partial charge in [-0.2, -0.15) is 5.10 Å². The number of phenols is 1. The summed E-state index contributed by atoms with van der Waals surface area (Å²) in [6.07, 6.45) is 2.48. The number of hydrogen-bond acceptors (Lipinski definition) is 8. The van der Waals surface area contributed by atoms with Crippen LogP contribution < -0.4 is 10.2 Å². The van der Waals surface area contributed by atoms with E-state index in [1.54, 1.807) is 12.1 Å². The first-order chi connectivity index (χ1) is 12.5. The van der Waals surface area contributed by atoms with Crippen LogP contribution in [0.5, 0.6) is 5.75 Å². The third-order valence-corrected chi connectivity index (χ3v) is 4.49. The normalized spacial score (nSPS) is 17.1. The van der Waals surface area contributed by atoms with Crippen molar-refractivity contribution in [1.29, 1.82) is 0 Å². The number of ether oxygens (including phenoxy) is 1. The molecular weight excluding hydrogens is 356 g/mol. The molecule has 0 spiro atoms. The number of methoxy groups -OCH3 is 1. The predicted octanol–water partition coefficient (Wildman–Crippen LogP) is 1.85. The van der Waals surface area contributed by atoms with Gasteiger partial charge in [0.05, 0.1) is 18.2 Å². The van der Waals surface area contributed by atoms with Crippen LogP contribution in [0.2, 0.25) is 0 Å². The summed E-state index contributed by atoms with van der Waals surface area (Å²) in [4.78, 5) is 25.2. The maximum absolute atomic E-state index is 11.7. The van der Waals surface area contributed by atoms with Crippen molar-refractivity contribution in [1.82, 2.24) is 5.32 Å². The summed E-state index contributed by atoms with van der Waals surface area (Å²) in [5, 5.41) is 20.6. The molecule has 8 nitrogen and oxygen atoms in total. The lowest BCUT2D eigenvalue weighted by molar-refractivity contribution is -0.135. The lowest BCUT2D eigenvalue weighted by atomic mass is 10.2. The molecule has 138 valence electrons. The van der Waals surface area contributed by atoms with E-state index in [-0.39, 0.29) is 15.8 Å². The Morgan fingerprint density at radius 3 is 2.73 bits per heavy atom. The number of carbonyl (C=O) groups excluding carboxylic acids is 2. The van der Waals surface area contributed by atoms with Gasteiger partial charge in [0.25, 0.3) is 5.91 Å². The monoisotopic (exact) mass is 376 g/mol. The fourth-order valence-corrected chi connectivity index (χ4v) is 2.95. The fraction of sp³-hybridized carbons (Fsp3) is 0.294. The lowest BCUT2D eigenvalue weighted by Gasteiger charge is -2.21. The zero-order chi connectivity index (χ0) is 19.1. The van der Waals surface area contributed by atoms with Crippen LogP contribution in [0.3, 0.4) is 0 Å². The number of nitrogens with zero attached hydrogens (tertiary/aromatic N) is 3. The Balaban J connectivity index is 2.09. The average molecular weight is 376 g/mol. The number of benzene rings is 1. The molecule has 0 atom stereocenters. The molecule has 1 fully saturated rings. The van der Waals surface area contributed by atoms with Crippen LogP contribution in [0.25, 0.3) is 0 Å². The summed E-state index contributed by atoms with van der Waals surface area (Å²) in [6, 6.07) is 5.31. The Labute approximate surface area is 155 Å². The molecule has 0 aliphatic carbocycles. The maximum Gasteiger partial charge on any atom is 0.331 e. The molecule has 9 heteroatoms. The van der Waals surface area contributed by atoms with Gasteiger partial charge in [0.1, 0.15) is 5.75 Å². The van der Waals surface area contributed by atoms with Crippen LogP contribution in [0, 0.1) is 0 Å². The van der Waals surface area contributed by atoms with Crippen LogP contribution in [0.1, 0.15) is 19.4 Å². The van der Waals surface area contributed by atoms with Crippen molar-refractivity contribution in [3.8, 4) is 5.75 Å². The standard InChI is InChI=1S/C17H20N4O4S/c1-4-21(5-2)12-7-6-11(13(22)8-12)10-18-20-17-19-16(24)14(26-17)9-15(23)25-3/h6-10,22H,4-5H2,1-3H3,(H,19,20,24)/b14-9+,18-10?. The minimum Gasteiger partial charge on any atom is -0.507 e. The molecule has 1 aliphatic heterocycles. The van der Waals surface area contributed by atoms with Crippen LogP contribution in [0.15, 0.2) is 39.4 Å². The van der Waals surface area contributed by atoms with E-state index in [4.69, 9.17) is 0 Å². The number of phenolic OH excluding ortho intramolecular Hbond substituents is 1. The van der Waals surface area contributed by atoms with Crippen LogP contribution >= 0.6 is 11.8 Å². The molecule has 1 saturated heterocycles. The Kier molecular flexibility index (Phi) is 6.79. The van der Waals surface area contributed by atoms with Crippen molar-refractivity contribution in [3.63, 3.8) is 0 Å². The van der Waals surface area contributed by atoms with Gasteiger partial charge in [-0.3, -0.25) is 10.1 Å². The second kappa shape index (κ2) is 9.04. The van der Waals surface area contributed by atoms with Gasteiger partial charge in [0.15, 0.2) is 5.17 Å². The van der Waals surface area contributed by atoms with Gasteiger partial charge in [-0.05, 0) is 37.7 Å². The Morgan fingerprint density at radius 1 is 1.38 bits per heavy atom. The predicted molar refractivity (Wildman–Crippen MR) is 103 cm³/mol. The number of amides is 1. The van der Waals surface area contributed by atoms with E-state index in [0.717, 1.165) is 36.6 Å². The second-order valence-corrected chi connectivity index (χ2v) is 6.18. The van der Waals surface area contributed by atoms with E-state index in [9.17, 15) is 14.7 Å². The lowest BCUT2D eigenvalue weighted by Crippen LogP contribution is -2.21. The zero-order valence-electron chi connectivity index (χ0n) is 14.7. The Hall–Kier alpha value is -2.81. The van der Waals surface area contributed by atoms with E-state index in [1.165, 1.54) is 13.3 Å². The fourth-order valence-electron chi connectivity index (χ4n) is 2.21. The van der Waals surface area contributed by atoms with E-state index in [2.05, 4.69) is 25.2 Å². The van der Waals surface area contributed by atoms with Crippen molar-refractivity contribution in [2.75, 3.05) is 25.1 Å². The van der Waals surface area contributed by atoms with Crippen molar-refractivity contribution >= 4 is 40.7 Å². The summed E-state index contributed by atoms with van der Waals surface area (Å²) < 4.78 is 4.48. The van der Waals surface area contributed by atoms with E-state index < -0.39 is 11.9 Å². The van der Waals surface area contributed by atoms with Crippen LogP contribution in [0.4, 0.5) is 5.69 Å². The molecule has 0 radical (unpaired) electrons. The largest absolute Gasteiger partial charge is 0.507 e. The minimum absolute atomic E-state index is 0.0905. The van der Waals surface area contributed by atoms with Gasteiger partial charge in [-0.25, -0.2) is 4.79 Å². The molecule has 1 aliphatic rings. The average Bonchev–Trinajstić information content (AvgIpc) is 2.97. The van der Waals surface area contributed by atoms with Gasteiger partial charge in [-0.15, -0.1) is 5.10 Å². The Morgan fingerprint density at radius 2 is 2.12 bits per heavy atom. The van der Waals surface area contributed by atoms with Crippen molar-refractivity contribution in [2.24, 2.45) is 10.2 Å². The second-order valence-electron chi connectivity index (χ2n) is 5.15. The summed E-state index contributed by atoms with van der Waals surface area (Å²) >= 11 is 0.981. The van der Waals surface area contributed by atoms with Gasteiger partial charge in [-0.1, -0.05) is 0 Å². The van der Waals surface area contributed by atoms with E-state index >= 15 is 0 Å². The first-order valence-electron chi connectivity index (χ1n) is 7.96. The number of rotatable bonds is 6. The molecule has 1 aromatic rings. The smallest absolute Gasteiger partial charge is 0.331 e. The SMILES string of the molecule is CCN(CC)c1ccc(C=N/N=C2/NC(=O)/C(=C\C(=O)OC)S2)c(O)c1. The molecule has 1 amide bonds. The molecule has 1 aromatic carbocycles. The summed E-state index contributed by atoms with van der Waals surface area (Å²) in [7, 11) is 1.23. The van der Waals surface area contributed by atoms with Gasteiger partial charge < -0.3 is 14.7 Å². The maximum atomic E-state index is 11.7. The summed E-state index contributed by atoms with van der Waals surface area (Å²) in [5.74, 6) is -0.973. The first kappa shape index (κ1) is 19.5. The highest BCUT2D eigenvalue weighted by molar-refractivity contribution is 8.18. The van der Waals surface area contributed by atoms with Crippen LogP contribution in [-0.2, 0) is 14.3 Å². The van der Waals surface area contributed by atoms with E-state index in [0.29, 0.717) is 5.56 Å². The van der Waals surface area contributed by atoms with Crippen molar-refractivity contribution in [3.05, 3.63) is 34.7 Å². The molecule has 2 rings (SSSR count). The number of thioether (sulfide) groups is 1. The highest BCUT2D eigenvalue weighted by Crippen LogP contribution is 2.25. The molecule has 0 aromatic heterocycles. The topological polar surface area (TPSA) is 104 Å². The molecule has 0 bridgehead atoms. The van der Waals surface area contributed by atoms with Crippen LogP contribution in [-0.4, -0.2) is 48.6 Å². The third kappa shape index (κ3) is 4.85. The number of anilines is 1. The molecular formula is C17H20N4O4S. The van der Waals surface area contributed by atoms with Gasteiger partial charge in [0.2, 0.25) is 0 Å². The third-order valence-electron chi connectivity index (χ3n) is 3.59. The van der Waals surface area contributed by atoms with Gasteiger partial charge in [0, 0.05) is 36.5 Å². The number of nitrogens with one attached hydrogen (secondary N) is 1. The molecule has 26 heavy (non-hydrogen) atoms. The minimum atomic E-state index is -0.620. The summed E-state index contributed by atoms with van der Waals surface area (Å²) in [5.41, 5.74) is 1.43. The number of amidine groups is 1. The number of hydrogen-bond donors (Lipinski definition) is 2. The van der Waals surface area contributed by atoms with E-state index in [1.807, 2.05) is 19.9 Å². The molecule has 0 unspecified atom stereocenters. The summed E-state index contributed by atoms with van der Waals surface area (Å²) in [6.45, 7) is 5.77. The Bertz CT molecular complexity index is 785.